The molecule has 172 valence electrons. The summed E-state index contributed by atoms with van der Waals surface area (Å²) in [5, 5.41) is 11.8. The number of alkyl carbamates (subject to hydrolysis) is 1. The number of hydrogen-bond donors (Lipinski definition) is 2. The van der Waals surface area contributed by atoms with E-state index >= 15 is 0 Å². The standard InChI is InChI=1S/C27H24N2O5/c30-25(29-14-18-10-9-17(26(31)32)13-19(18)15-29)11-12-28-27(33)34-16-24-22-7-3-1-5-20(22)21-6-2-4-8-23(21)24/h1-10,13,24H,11-12,14-16H2,(H,28,33)(H,31,32). The molecule has 3 aromatic carbocycles. The molecule has 1 aliphatic heterocycles. The number of carboxylic acids is 1. The average Bonchev–Trinajstić information content (AvgIpc) is 3.41. The molecule has 7 nitrogen and oxygen atoms in total. The van der Waals surface area contributed by atoms with E-state index in [4.69, 9.17) is 9.84 Å². The summed E-state index contributed by atoms with van der Waals surface area (Å²) < 4.78 is 5.50. The van der Waals surface area contributed by atoms with Crippen LogP contribution in [0.15, 0.2) is 66.7 Å². The number of fused-ring (bicyclic) bond motifs is 4. The number of aromatic carboxylic acids is 1. The molecule has 34 heavy (non-hydrogen) atoms. The molecule has 2 amide bonds. The number of hydrogen-bond acceptors (Lipinski definition) is 4. The number of ether oxygens (including phenoxy) is 1. The van der Waals surface area contributed by atoms with E-state index in [9.17, 15) is 14.4 Å². The maximum Gasteiger partial charge on any atom is 0.407 e. The first-order valence-corrected chi connectivity index (χ1v) is 11.2. The minimum atomic E-state index is -0.986. The van der Waals surface area contributed by atoms with Crippen molar-refractivity contribution in [3.05, 3.63) is 94.5 Å². The van der Waals surface area contributed by atoms with Gasteiger partial charge >= 0.3 is 12.1 Å². The zero-order valence-corrected chi connectivity index (χ0v) is 18.5. The molecule has 0 unspecified atom stereocenters. The van der Waals surface area contributed by atoms with Crippen molar-refractivity contribution in [3.8, 4) is 11.1 Å². The van der Waals surface area contributed by atoms with Crippen LogP contribution in [0.1, 0.15) is 45.0 Å². The average molecular weight is 456 g/mol. The van der Waals surface area contributed by atoms with Crippen LogP contribution in [-0.4, -0.2) is 41.1 Å². The van der Waals surface area contributed by atoms with Gasteiger partial charge in [0, 0.05) is 32.0 Å². The second-order valence-corrected chi connectivity index (χ2v) is 8.54. The number of carbonyl (C=O) groups excluding carboxylic acids is 2. The van der Waals surface area contributed by atoms with Crippen LogP contribution in [0.3, 0.4) is 0 Å². The molecule has 0 aromatic heterocycles. The molecule has 0 saturated heterocycles. The smallest absolute Gasteiger partial charge is 0.407 e. The first-order chi connectivity index (χ1) is 16.5. The normalized spacial score (nSPS) is 13.7. The summed E-state index contributed by atoms with van der Waals surface area (Å²) in [5.74, 6) is -1.11. The molecule has 0 saturated carbocycles. The lowest BCUT2D eigenvalue weighted by Gasteiger charge is -2.16. The first-order valence-electron chi connectivity index (χ1n) is 11.2. The van der Waals surface area contributed by atoms with Gasteiger partial charge in [-0.3, -0.25) is 4.79 Å². The van der Waals surface area contributed by atoms with Crippen molar-refractivity contribution in [3.63, 3.8) is 0 Å². The zero-order valence-electron chi connectivity index (χ0n) is 18.5. The lowest BCUT2D eigenvalue weighted by Crippen LogP contribution is -2.32. The van der Waals surface area contributed by atoms with Crippen LogP contribution in [0, 0.1) is 0 Å². The van der Waals surface area contributed by atoms with Crippen LogP contribution < -0.4 is 5.32 Å². The van der Waals surface area contributed by atoms with Gasteiger partial charge in [0.15, 0.2) is 0 Å². The Kier molecular flexibility index (Phi) is 5.76. The third-order valence-electron chi connectivity index (χ3n) is 6.48. The molecule has 0 fully saturated rings. The van der Waals surface area contributed by atoms with Gasteiger partial charge in [0.05, 0.1) is 5.56 Å². The van der Waals surface area contributed by atoms with E-state index in [0.717, 1.165) is 22.3 Å². The number of nitrogens with one attached hydrogen (secondary N) is 1. The van der Waals surface area contributed by atoms with Gasteiger partial charge in [-0.1, -0.05) is 54.6 Å². The number of benzene rings is 3. The van der Waals surface area contributed by atoms with Gasteiger partial charge in [0.1, 0.15) is 6.61 Å². The highest BCUT2D eigenvalue weighted by Gasteiger charge is 2.29. The van der Waals surface area contributed by atoms with Gasteiger partial charge in [0.2, 0.25) is 5.91 Å². The minimum Gasteiger partial charge on any atom is -0.478 e. The molecule has 2 aliphatic rings. The van der Waals surface area contributed by atoms with E-state index in [1.54, 1.807) is 23.1 Å². The van der Waals surface area contributed by atoms with Crippen molar-refractivity contribution in [2.45, 2.75) is 25.4 Å². The van der Waals surface area contributed by atoms with Crippen molar-refractivity contribution in [2.24, 2.45) is 0 Å². The van der Waals surface area contributed by atoms with Crippen molar-refractivity contribution < 1.29 is 24.2 Å². The van der Waals surface area contributed by atoms with Gasteiger partial charge in [-0.05, 0) is 45.5 Å². The number of carboxylic acid groups (broad SMARTS) is 1. The fraction of sp³-hybridized carbons (Fsp3) is 0.222. The van der Waals surface area contributed by atoms with Crippen molar-refractivity contribution in [1.82, 2.24) is 10.2 Å². The molecular formula is C27H24N2O5. The highest BCUT2D eigenvalue weighted by molar-refractivity contribution is 5.88. The zero-order chi connectivity index (χ0) is 23.7. The molecule has 0 radical (unpaired) electrons. The maximum atomic E-state index is 12.6. The fourth-order valence-electron chi connectivity index (χ4n) is 4.78. The summed E-state index contributed by atoms with van der Waals surface area (Å²) in [7, 11) is 0. The number of nitrogens with zero attached hydrogens (tertiary/aromatic N) is 1. The highest BCUT2D eigenvalue weighted by Crippen LogP contribution is 2.44. The maximum absolute atomic E-state index is 12.6. The third-order valence-corrected chi connectivity index (χ3v) is 6.48. The Labute approximate surface area is 197 Å². The van der Waals surface area contributed by atoms with Gasteiger partial charge in [-0.2, -0.15) is 0 Å². The van der Waals surface area contributed by atoms with Crippen LogP contribution >= 0.6 is 0 Å². The van der Waals surface area contributed by atoms with E-state index in [1.807, 2.05) is 24.3 Å². The number of amides is 2. The molecule has 5 rings (SSSR count). The lowest BCUT2D eigenvalue weighted by molar-refractivity contribution is -0.131. The summed E-state index contributed by atoms with van der Waals surface area (Å²) in [6.45, 7) is 1.21. The summed E-state index contributed by atoms with van der Waals surface area (Å²) in [6.07, 6.45) is -0.408. The van der Waals surface area contributed by atoms with Crippen LogP contribution in [0.2, 0.25) is 0 Å². The Morgan fingerprint density at radius 1 is 0.912 bits per heavy atom. The number of carbonyl (C=O) groups is 3. The Morgan fingerprint density at radius 3 is 2.24 bits per heavy atom. The van der Waals surface area contributed by atoms with E-state index in [2.05, 4.69) is 29.6 Å². The van der Waals surface area contributed by atoms with E-state index in [0.29, 0.717) is 13.1 Å². The SMILES string of the molecule is O=C(NCCC(=O)N1Cc2ccc(C(=O)O)cc2C1)OCC1c2ccccc2-c2ccccc21. The van der Waals surface area contributed by atoms with Gasteiger partial charge in [-0.15, -0.1) is 0 Å². The topological polar surface area (TPSA) is 95.9 Å². The molecule has 3 aromatic rings. The van der Waals surface area contributed by atoms with E-state index in [-0.39, 0.29) is 37.0 Å². The Bertz CT molecular complexity index is 1240. The first kappa shape index (κ1) is 21.7. The molecule has 0 bridgehead atoms. The van der Waals surface area contributed by atoms with Crippen LogP contribution in [0.4, 0.5) is 4.79 Å². The quantitative estimate of drug-likeness (QED) is 0.581. The predicted molar refractivity (Wildman–Crippen MR) is 125 cm³/mol. The van der Waals surface area contributed by atoms with E-state index in [1.165, 1.54) is 11.1 Å². The highest BCUT2D eigenvalue weighted by atomic mass is 16.5. The van der Waals surface area contributed by atoms with Gasteiger partial charge in [0.25, 0.3) is 0 Å². The van der Waals surface area contributed by atoms with Gasteiger partial charge < -0.3 is 20.1 Å². The lowest BCUT2D eigenvalue weighted by atomic mass is 9.98. The minimum absolute atomic E-state index is 0.0152. The summed E-state index contributed by atoms with van der Waals surface area (Å²) in [5.41, 5.74) is 6.63. The summed E-state index contributed by atoms with van der Waals surface area (Å²) in [4.78, 5) is 37.7. The molecule has 1 heterocycles. The Hall–Kier alpha value is -4.13. The monoisotopic (exact) mass is 456 g/mol. The second-order valence-electron chi connectivity index (χ2n) is 8.54. The molecular weight excluding hydrogens is 432 g/mol. The van der Waals surface area contributed by atoms with Crippen LogP contribution in [0.25, 0.3) is 11.1 Å². The fourth-order valence-corrected chi connectivity index (χ4v) is 4.78. The molecule has 1 aliphatic carbocycles. The largest absolute Gasteiger partial charge is 0.478 e. The third kappa shape index (κ3) is 4.12. The second kappa shape index (κ2) is 9.02. The molecule has 2 N–H and O–H groups in total. The Morgan fingerprint density at radius 2 is 1.56 bits per heavy atom. The molecule has 0 spiro atoms. The van der Waals surface area contributed by atoms with Crippen molar-refractivity contribution in [2.75, 3.05) is 13.2 Å². The van der Waals surface area contributed by atoms with Crippen LogP contribution in [-0.2, 0) is 22.6 Å². The van der Waals surface area contributed by atoms with Crippen LogP contribution in [0.5, 0.6) is 0 Å². The predicted octanol–water partition coefficient (Wildman–Crippen LogP) is 4.16. The van der Waals surface area contributed by atoms with E-state index < -0.39 is 12.1 Å². The number of rotatable bonds is 6. The Balaban J connectivity index is 1.11. The summed E-state index contributed by atoms with van der Waals surface area (Å²) >= 11 is 0. The molecule has 7 heteroatoms. The summed E-state index contributed by atoms with van der Waals surface area (Å²) in [6, 6.07) is 21.2. The van der Waals surface area contributed by atoms with Crippen molar-refractivity contribution in [1.29, 1.82) is 0 Å². The van der Waals surface area contributed by atoms with Gasteiger partial charge in [-0.25, -0.2) is 9.59 Å². The molecule has 0 atom stereocenters. The van der Waals surface area contributed by atoms with Crippen molar-refractivity contribution >= 4 is 18.0 Å².